The molecule has 0 aliphatic carbocycles. The van der Waals surface area contributed by atoms with Crippen molar-refractivity contribution < 1.29 is 13.6 Å². The zero-order valence-corrected chi connectivity index (χ0v) is 9.64. The van der Waals surface area contributed by atoms with Crippen molar-refractivity contribution in [1.82, 2.24) is 0 Å². The molecule has 0 saturated carbocycles. The Labute approximate surface area is 95.6 Å². The average Bonchev–Trinajstić information content (AvgIpc) is 2.26. The lowest BCUT2D eigenvalue weighted by Gasteiger charge is -2.08. The summed E-state index contributed by atoms with van der Waals surface area (Å²) in [6.45, 7) is 0. The number of halogens is 3. The molecule has 0 aliphatic heterocycles. The van der Waals surface area contributed by atoms with Gasteiger partial charge in [-0.05, 0) is 24.5 Å². The number of aldehydes is 1. The molecule has 15 heavy (non-hydrogen) atoms. The summed E-state index contributed by atoms with van der Waals surface area (Å²) < 4.78 is 25.3. The van der Waals surface area contributed by atoms with E-state index in [4.69, 9.17) is 0 Å². The summed E-state index contributed by atoms with van der Waals surface area (Å²) in [7, 11) is 0. The van der Waals surface area contributed by atoms with Gasteiger partial charge in [0.1, 0.15) is 6.29 Å². The number of hydrogen-bond acceptors (Lipinski definition) is 1. The fourth-order valence-corrected chi connectivity index (χ4v) is 1.66. The highest BCUT2D eigenvalue weighted by Crippen LogP contribution is 2.25. The Hall–Kier alpha value is -0.770. The quantitative estimate of drug-likeness (QED) is 0.591. The van der Waals surface area contributed by atoms with Crippen molar-refractivity contribution in [3.05, 3.63) is 34.9 Å². The van der Waals surface area contributed by atoms with Crippen molar-refractivity contribution in [2.75, 3.05) is 5.33 Å². The molecule has 0 radical (unpaired) electrons. The molecule has 0 spiro atoms. The maximum Gasteiger partial charge on any atom is 0.264 e. The number of benzene rings is 1. The summed E-state index contributed by atoms with van der Waals surface area (Å²) in [5, 5.41) is 0.783. The van der Waals surface area contributed by atoms with Crippen LogP contribution < -0.4 is 0 Å². The SMILES string of the molecule is O=Cc1ccc(CCCBr)c(C(F)F)c1. The van der Waals surface area contributed by atoms with Gasteiger partial charge in [0.2, 0.25) is 0 Å². The van der Waals surface area contributed by atoms with E-state index in [2.05, 4.69) is 15.9 Å². The molecule has 0 unspecified atom stereocenters. The molecule has 0 bridgehead atoms. The highest BCUT2D eigenvalue weighted by Gasteiger charge is 2.13. The van der Waals surface area contributed by atoms with E-state index in [-0.39, 0.29) is 5.56 Å². The molecule has 1 nitrogen and oxygen atoms in total. The third kappa shape index (κ3) is 3.38. The van der Waals surface area contributed by atoms with Gasteiger partial charge in [0.15, 0.2) is 0 Å². The van der Waals surface area contributed by atoms with Crippen LogP contribution in [0.3, 0.4) is 0 Å². The second kappa shape index (κ2) is 5.95. The van der Waals surface area contributed by atoms with E-state index in [0.717, 1.165) is 11.8 Å². The minimum absolute atomic E-state index is 0.0273. The minimum Gasteiger partial charge on any atom is -0.298 e. The third-order valence-electron chi connectivity index (χ3n) is 2.12. The average molecular weight is 277 g/mol. The van der Waals surface area contributed by atoms with Crippen LogP contribution in [0.4, 0.5) is 8.78 Å². The van der Waals surface area contributed by atoms with Gasteiger partial charge in [0.25, 0.3) is 6.43 Å². The summed E-state index contributed by atoms with van der Waals surface area (Å²) in [5.41, 5.74) is 0.892. The van der Waals surface area contributed by atoms with Crippen molar-refractivity contribution in [3.8, 4) is 0 Å². The lowest BCUT2D eigenvalue weighted by atomic mass is 10.0. The second-order valence-electron chi connectivity index (χ2n) is 3.17. The largest absolute Gasteiger partial charge is 0.298 e. The lowest BCUT2D eigenvalue weighted by Crippen LogP contribution is -1.97. The van der Waals surface area contributed by atoms with Crippen molar-refractivity contribution in [3.63, 3.8) is 0 Å². The van der Waals surface area contributed by atoms with Gasteiger partial charge in [-0.2, -0.15) is 0 Å². The number of carbonyl (C=O) groups is 1. The van der Waals surface area contributed by atoms with Crippen molar-refractivity contribution >= 4 is 22.2 Å². The van der Waals surface area contributed by atoms with E-state index >= 15 is 0 Å². The van der Waals surface area contributed by atoms with E-state index in [9.17, 15) is 13.6 Å². The van der Waals surface area contributed by atoms with Crippen LogP contribution in [-0.4, -0.2) is 11.6 Å². The molecule has 0 amide bonds. The predicted octanol–water partition coefficient (Wildman–Crippen LogP) is 3.76. The van der Waals surface area contributed by atoms with E-state index in [0.29, 0.717) is 23.8 Å². The van der Waals surface area contributed by atoms with Crippen LogP contribution in [0.2, 0.25) is 0 Å². The predicted molar refractivity (Wildman–Crippen MR) is 58.9 cm³/mol. The van der Waals surface area contributed by atoms with Crippen LogP contribution in [0.25, 0.3) is 0 Å². The smallest absolute Gasteiger partial charge is 0.264 e. The van der Waals surface area contributed by atoms with Crippen molar-refractivity contribution in [1.29, 1.82) is 0 Å². The van der Waals surface area contributed by atoms with Gasteiger partial charge in [-0.15, -0.1) is 0 Å². The summed E-state index contributed by atoms with van der Waals surface area (Å²) in [5.74, 6) is 0. The summed E-state index contributed by atoms with van der Waals surface area (Å²) in [4.78, 5) is 10.5. The molecule has 0 atom stereocenters. The zero-order valence-electron chi connectivity index (χ0n) is 8.05. The molecule has 1 aromatic rings. The molecule has 0 aromatic heterocycles. The molecule has 0 saturated heterocycles. The Balaban J connectivity index is 2.98. The summed E-state index contributed by atoms with van der Waals surface area (Å²) >= 11 is 3.25. The van der Waals surface area contributed by atoms with Crippen LogP contribution in [0.1, 0.15) is 34.3 Å². The minimum atomic E-state index is -2.52. The molecule has 1 aromatic carbocycles. The maximum absolute atomic E-state index is 12.6. The number of carbonyl (C=O) groups excluding carboxylic acids is 1. The van der Waals surface area contributed by atoms with E-state index in [1.165, 1.54) is 6.07 Å². The molecule has 82 valence electrons. The number of rotatable bonds is 5. The molecule has 0 N–H and O–H groups in total. The van der Waals surface area contributed by atoms with Gasteiger partial charge < -0.3 is 0 Å². The van der Waals surface area contributed by atoms with Gasteiger partial charge in [-0.25, -0.2) is 8.78 Å². The van der Waals surface area contributed by atoms with Gasteiger partial charge in [0, 0.05) is 16.5 Å². The van der Waals surface area contributed by atoms with Crippen molar-refractivity contribution in [2.24, 2.45) is 0 Å². The summed E-state index contributed by atoms with van der Waals surface area (Å²) in [6, 6.07) is 4.44. The molecular weight excluding hydrogens is 266 g/mol. The number of aryl methyl sites for hydroxylation is 1. The Morgan fingerprint density at radius 1 is 1.40 bits per heavy atom. The molecule has 1 rings (SSSR count). The van der Waals surface area contributed by atoms with E-state index < -0.39 is 6.43 Å². The first-order valence-corrected chi connectivity index (χ1v) is 5.73. The fraction of sp³-hybridized carbons (Fsp3) is 0.364. The first-order chi connectivity index (χ1) is 7.19. The monoisotopic (exact) mass is 276 g/mol. The standard InChI is InChI=1S/C11H11BrF2O/c12-5-1-2-9-4-3-8(7-15)6-10(9)11(13)14/h3-4,6-7,11H,1-2,5H2. The van der Waals surface area contributed by atoms with Gasteiger partial charge in [-0.1, -0.05) is 28.1 Å². The van der Waals surface area contributed by atoms with Crippen LogP contribution in [0, 0.1) is 0 Å². The van der Waals surface area contributed by atoms with Gasteiger partial charge in [-0.3, -0.25) is 4.79 Å². The van der Waals surface area contributed by atoms with Crippen molar-refractivity contribution in [2.45, 2.75) is 19.3 Å². The topological polar surface area (TPSA) is 17.1 Å². The van der Waals surface area contributed by atoms with Crippen LogP contribution in [-0.2, 0) is 6.42 Å². The first-order valence-electron chi connectivity index (χ1n) is 4.61. The molecular formula is C11H11BrF2O. The number of alkyl halides is 3. The van der Waals surface area contributed by atoms with Crippen LogP contribution >= 0.6 is 15.9 Å². The van der Waals surface area contributed by atoms with Gasteiger partial charge in [0.05, 0.1) is 0 Å². The Bertz CT molecular complexity index is 339. The highest BCUT2D eigenvalue weighted by atomic mass is 79.9. The van der Waals surface area contributed by atoms with Crippen LogP contribution in [0.15, 0.2) is 18.2 Å². The third-order valence-corrected chi connectivity index (χ3v) is 2.68. The Morgan fingerprint density at radius 3 is 2.67 bits per heavy atom. The zero-order chi connectivity index (χ0) is 11.3. The maximum atomic E-state index is 12.6. The first kappa shape index (κ1) is 12.3. The molecule has 4 heteroatoms. The molecule has 0 fully saturated rings. The number of hydrogen-bond donors (Lipinski definition) is 0. The second-order valence-corrected chi connectivity index (χ2v) is 3.96. The summed E-state index contributed by atoms with van der Waals surface area (Å²) in [6.07, 6.45) is -0.528. The normalized spacial score (nSPS) is 10.7. The highest BCUT2D eigenvalue weighted by molar-refractivity contribution is 9.09. The molecule has 0 aliphatic rings. The molecule has 0 heterocycles. The fourth-order valence-electron chi connectivity index (χ4n) is 1.37. The Kier molecular flexibility index (Phi) is 4.88. The Morgan fingerprint density at radius 2 is 2.13 bits per heavy atom. The lowest BCUT2D eigenvalue weighted by molar-refractivity contribution is 0.112. The van der Waals surface area contributed by atoms with E-state index in [1.807, 2.05) is 0 Å². The van der Waals surface area contributed by atoms with Crippen LogP contribution in [0.5, 0.6) is 0 Å². The van der Waals surface area contributed by atoms with E-state index in [1.54, 1.807) is 12.1 Å². The van der Waals surface area contributed by atoms with Gasteiger partial charge >= 0.3 is 0 Å².